The average Bonchev–Trinajstić information content (AvgIpc) is 2.26. The van der Waals surface area contributed by atoms with Gasteiger partial charge in [-0.25, -0.2) is 4.99 Å². The Labute approximate surface area is 116 Å². The molecule has 2 atom stereocenters. The van der Waals surface area contributed by atoms with Crippen LogP contribution in [0.2, 0.25) is 0 Å². The number of rotatable bonds is 3. The van der Waals surface area contributed by atoms with Crippen molar-refractivity contribution >= 4 is 18.5 Å². The SMILES string of the molecule is CCC(C)S.CCOC1(N)N=C(C)NOC1(C)C. The Balaban J connectivity index is 0.000000494. The third-order valence-corrected chi connectivity index (χ3v) is 2.97. The van der Waals surface area contributed by atoms with E-state index >= 15 is 0 Å². The summed E-state index contributed by atoms with van der Waals surface area (Å²) in [5, 5.41) is 0.579. The quantitative estimate of drug-likeness (QED) is 0.546. The minimum Gasteiger partial charge on any atom is -0.339 e. The second-order valence-corrected chi connectivity index (χ2v) is 5.68. The van der Waals surface area contributed by atoms with E-state index in [1.165, 1.54) is 6.42 Å². The summed E-state index contributed by atoms with van der Waals surface area (Å²) < 4.78 is 5.38. The Morgan fingerprint density at radius 2 is 2.00 bits per heavy atom. The lowest BCUT2D eigenvalue weighted by Gasteiger charge is -2.42. The summed E-state index contributed by atoms with van der Waals surface area (Å²) in [5.74, 6) is -0.479. The highest BCUT2D eigenvalue weighted by atomic mass is 32.1. The zero-order valence-corrected chi connectivity index (χ0v) is 13.2. The Hall–Kier alpha value is -0.300. The lowest BCUT2D eigenvalue weighted by atomic mass is 10.0. The maximum atomic E-state index is 5.96. The smallest absolute Gasteiger partial charge is 0.246 e. The summed E-state index contributed by atoms with van der Waals surface area (Å²) in [6.07, 6.45) is 1.17. The van der Waals surface area contributed by atoms with E-state index < -0.39 is 11.4 Å². The molecule has 1 aliphatic heterocycles. The third-order valence-electron chi connectivity index (χ3n) is 2.61. The predicted octanol–water partition coefficient (Wildman–Crippen LogP) is 2.08. The highest BCUT2D eigenvalue weighted by Crippen LogP contribution is 2.28. The van der Waals surface area contributed by atoms with Crippen LogP contribution in [0.3, 0.4) is 0 Å². The largest absolute Gasteiger partial charge is 0.339 e. The molecule has 0 aromatic rings. The van der Waals surface area contributed by atoms with Gasteiger partial charge in [0.25, 0.3) is 0 Å². The van der Waals surface area contributed by atoms with Crippen LogP contribution in [0.4, 0.5) is 0 Å². The summed E-state index contributed by atoms with van der Waals surface area (Å²) in [5.41, 5.74) is 7.96. The molecule has 0 saturated heterocycles. The Morgan fingerprint density at radius 3 is 2.39 bits per heavy atom. The standard InChI is InChI=1S/C8H17N3O2.C4H10S/c1-5-12-8(9)7(3,4)13-11-6(2)10-8;1-3-4(2)5/h5,9H2,1-4H3,(H,10,11);4-5H,3H2,1-2H3. The maximum absolute atomic E-state index is 5.96. The fraction of sp³-hybridized carbons (Fsp3) is 0.917. The van der Waals surface area contributed by atoms with Gasteiger partial charge in [-0.15, -0.1) is 0 Å². The average molecular weight is 277 g/mol. The van der Waals surface area contributed by atoms with E-state index in [-0.39, 0.29) is 0 Å². The number of amidine groups is 1. The normalized spacial score (nSPS) is 27.4. The van der Waals surface area contributed by atoms with Gasteiger partial charge >= 0.3 is 0 Å². The van der Waals surface area contributed by atoms with Gasteiger partial charge in [-0.05, 0) is 39.4 Å². The van der Waals surface area contributed by atoms with Crippen molar-refractivity contribution in [2.24, 2.45) is 10.7 Å². The van der Waals surface area contributed by atoms with Crippen LogP contribution in [-0.4, -0.2) is 29.1 Å². The Morgan fingerprint density at radius 1 is 1.50 bits per heavy atom. The van der Waals surface area contributed by atoms with E-state index in [2.05, 4.69) is 36.9 Å². The number of nitrogens with zero attached hydrogens (tertiary/aromatic N) is 1. The fourth-order valence-electron chi connectivity index (χ4n) is 1.11. The number of thiol groups is 1. The van der Waals surface area contributed by atoms with Crippen molar-refractivity contribution in [3.05, 3.63) is 0 Å². The van der Waals surface area contributed by atoms with Crippen LogP contribution in [0.15, 0.2) is 4.99 Å². The lowest BCUT2D eigenvalue weighted by molar-refractivity contribution is -0.212. The van der Waals surface area contributed by atoms with Gasteiger partial charge in [-0.1, -0.05) is 13.8 Å². The molecule has 6 heteroatoms. The molecular weight excluding hydrogens is 250 g/mol. The molecule has 0 amide bonds. The third kappa shape index (κ3) is 5.14. The van der Waals surface area contributed by atoms with Crippen LogP contribution in [0, 0.1) is 0 Å². The zero-order chi connectivity index (χ0) is 14.4. The molecule has 1 rings (SSSR count). The first-order valence-corrected chi connectivity index (χ1v) is 6.81. The van der Waals surface area contributed by atoms with Gasteiger partial charge in [-0.3, -0.25) is 16.1 Å². The minimum atomic E-state index is -1.10. The zero-order valence-electron chi connectivity index (χ0n) is 12.3. The van der Waals surface area contributed by atoms with Crippen LogP contribution in [0.5, 0.6) is 0 Å². The van der Waals surface area contributed by atoms with E-state index in [9.17, 15) is 0 Å². The molecule has 5 nitrogen and oxygen atoms in total. The first kappa shape index (κ1) is 17.7. The van der Waals surface area contributed by atoms with E-state index in [0.29, 0.717) is 17.7 Å². The molecule has 0 bridgehead atoms. The second kappa shape index (κ2) is 7.33. The number of hydrogen-bond donors (Lipinski definition) is 3. The molecule has 108 valence electrons. The highest BCUT2D eigenvalue weighted by molar-refractivity contribution is 7.80. The Bertz CT molecular complexity index is 282. The molecule has 0 aliphatic carbocycles. The van der Waals surface area contributed by atoms with Gasteiger partial charge in [0.15, 0.2) is 5.60 Å². The molecule has 1 aliphatic rings. The first-order valence-electron chi connectivity index (χ1n) is 6.29. The number of hydrogen-bond acceptors (Lipinski definition) is 6. The minimum absolute atomic E-state index is 0.500. The van der Waals surface area contributed by atoms with E-state index in [1.54, 1.807) is 6.92 Å². The maximum Gasteiger partial charge on any atom is 0.246 e. The van der Waals surface area contributed by atoms with Gasteiger partial charge in [0.05, 0.1) is 0 Å². The number of aliphatic imine (C=N–C) groups is 1. The van der Waals surface area contributed by atoms with Gasteiger partial charge < -0.3 is 4.74 Å². The number of hydroxylamine groups is 1. The van der Waals surface area contributed by atoms with Crippen LogP contribution in [0.1, 0.15) is 48.0 Å². The van der Waals surface area contributed by atoms with Crippen LogP contribution in [-0.2, 0) is 9.57 Å². The van der Waals surface area contributed by atoms with Gasteiger partial charge in [0.1, 0.15) is 5.84 Å². The molecule has 1 heterocycles. The molecule has 0 spiro atoms. The molecule has 2 unspecified atom stereocenters. The first-order chi connectivity index (χ1) is 8.18. The van der Waals surface area contributed by atoms with Crippen LogP contribution >= 0.6 is 12.6 Å². The van der Waals surface area contributed by atoms with Crippen molar-refractivity contribution in [2.45, 2.75) is 64.7 Å². The van der Waals surface area contributed by atoms with Gasteiger partial charge in [0, 0.05) is 6.61 Å². The summed E-state index contributed by atoms with van der Waals surface area (Å²) >= 11 is 4.10. The summed E-state index contributed by atoms with van der Waals surface area (Å²) in [7, 11) is 0. The highest BCUT2D eigenvalue weighted by Gasteiger charge is 2.47. The van der Waals surface area contributed by atoms with Crippen molar-refractivity contribution in [1.82, 2.24) is 5.48 Å². The van der Waals surface area contributed by atoms with E-state index in [0.717, 1.165) is 0 Å². The Kier molecular flexibility index (Phi) is 7.21. The molecule has 0 aromatic carbocycles. The molecule has 0 fully saturated rings. The van der Waals surface area contributed by atoms with Crippen molar-refractivity contribution in [3.63, 3.8) is 0 Å². The molecule has 0 saturated carbocycles. The second-order valence-electron chi connectivity index (χ2n) is 4.80. The monoisotopic (exact) mass is 277 g/mol. The van der Waals surface area contributed by atoms with Crippen LogP contribution in [0.25, 0.3) is 0 Å². The van der Waals surface area contributed by atoms with Crippen molar-refractivity contribution < 1.29 is 9.57 Å². The van der Waals surface area contributed by atoms with Crippen molar-refractivity contribution in [3.8, 4) is 0 Å². The summed E-state index contributed by atoms with van der Waals surface area (Å²) in [6.45, 7) is 12.0. The van der Waals surface area contributed by atoms with Crippen LogP contribution < -0.4 is 11.2 Å². The lowest BCUT2D eigenvalue weighted by Crippen LogP contribution is -2.64. The molecular formula is C12H27N3O2S. The molecule has 18 heavy (non-hydrogen) atoms. The molecule has 3 N–H and O–H groups in total. The molecule has 0 aromatic heterocycles. The summed E-state index contributed by atoms with van der Waals surface area (Å²) in [6, 6.07) is 0. The van der Waals surface area contributed by atoms with E-state index in [1.807, 2.05) is 20.8 Å². The van der Waals surface area contributed by atoms with Crippen molar-refractivity contribution in [2.75, 3.05) is 6.61 Å². The van der Waals surface area contributed by atoms with Crippen molar-refractivity contribution in [1.29, 1.82) is 0 Å². The summed E-state index contributed by atoms with van der Waals surface area (Å²) in [4.78, 5) is 9.51. The topological polar surface area (TPSA) is 68.9 Å². The van der Waals surface area contributed by atoms with E-state index in [4.69, 9.17) is 15.3 Å². The fourth-order valence-corrected chi connectivity index (χ4v) is 1.11. The predicted molar refractivity (Wildman–Crippen MR) is 78.7 cm³/mol. The number of nitrogens with one attached hydrogen (secondary N) is 1. The number of ether oxygens (including phenoxy) is 1. The van der Waals surface area contributed by atoms with Gasteiger partial charge in [-0.2, -0.15) is 12.6 Å². The van der Waals surface area contributed by atoms with Gasteiger partial charge in [0.2, 0.25) is 5.85 Å². The molecule has 0 radical (unpaired) electrons. The number of nitrogens with two attached hydrogens (primary N) is 1.